The quantitative estimate of drug-likeness (QED) is 0.940. The van der Waals surface area contributed by atoms with Gasteiger partial charge in [-0.25, -0.2) is 9.37 Å². The van der Waals surface area contributed by atoms with Crippen molar-refractivity contribution in [1.29, 1.82) is 0 Å². The summed E-state index contributed by atoms with van der Waals surface area (Å²) < 4.78 is 13.2. The molecule has 0 amide bonds. The summed E-state index contributed by atoms with van der Waals surface area (Å²) >= 11 is 0. The van der Waals surface area contributed by atoms with Gasteiger partial charge < -0.3 is 9.88 Å². The van der Waals surface area contributed by atoms with E-state index >= 15 is 0 Å². The van der Waals surface area contributed by atoms with Crippen LogP contribution in [0, 0.1) is 5.82 Å². The number of H-pyrrole nitrogens is 1. The zero-order valence-electron chi connectivity index (χ0n) is 12.8. The number of aromatic amines is 1. The van der Waals surface area contributed by atoms with E-state index in [4.69, 9.17) is 0 Å². The fourth-order valence-electron chi connectivity index (χ4n) is 3.16. The van der Waals surface area contributed by atoms with Gasteiger partial charge in [0.2, 0.25) is 0 Å². The molecule has 1 aromatic heterocycles. The number of fused-ring (bicyclic) bond motifs is 1. The Balaban J connectivity index is 1.64. The summed E-state index contributed by atoms with van der Waals surface area (Å²) in [5.41, 5.74) is 1.60. The molecular formula is C16H23FN4. The van der Waals surface area contributed by atoms with E-state index in [1.165, 1.54) is 37.9 Å². The van der Waals surface area contributed by atoms with Crippen LogP contribution in [0.1, 0.15) is 25.1 Å². The smallest absolute Gasteiger partial charge is 0.125 e. The maximum Gasteiger partial charge on any atom is 0.125 e. The van der Waals surface area contributed by atoms with Crippen molar-refractivity contribution in [2.45, 2.75) is 31.8 Å². The second kappa shape index (κ2) is 6.12. The molecule has 1 fully saturated rings. The fourth-order valence-corrected chi connectivity index (χ4v) is 3.16. The van der Waals surface area contributed by atoms with Crippen LogP contribution in [0.2, 0.25) is 0 Å². The average molecular weight is 290 g/mol. The standard InChI is InChI=1S/C16H23FN4/c1-20(10-13-5-3-4-8-21(13)2)11-16-18-14-7-6-12(17)9-15(14)19-16/h6-7,9,13H,3-5,8,10-11H2,1-2H3,(H,18,19). The van der Waals surface area contributed by atoms with Crippen molar-refractivity contribution in [3.8, 4) is 0 Å². The topological polar surface area (TPSA) is 35.2 Å². The van der Waals surface area contributed by atoms with E-state index in [-0.39, 0.29) is 5.82 Å². The van der Waals surface area contributed by atoms with Gasteiger partial charge in [0.1, 0.15) is 11.6 Å². The average Bonchev–Trinajstić information content (AvgIpc) is 2.82. The van der Waals surface area contributed by atoms with Crippen molar-refractivity contribution >= 4 is 11.0 Å². The third kappa shape index (κ3) is 3.41. The number of imidazole rings is 1. The monoisotopic (exact) mass is 290 g/mol. The fraction of sp³-hybridized carbons (Fsp3) is 0.562. The SMILES string of the molecule is CN(Cc1nc2ccc(F)cc2[nH]1)CC1CCCCN1C. The van der Waals surface area contributed by atoms with Crippen LogP contribution in [-0.4, -0.2) is 53.0 Å². The van der Waals surface area contributed by atoms with Gasteiger partial charge in [0, 0.05) is 12.6 Å². The highest BCUT2D eigenvalue weighted by molar-refractivity contribution is 5.74. The molecule has 114 valence electrons. The van der Waals surface area contributed by atoms with Crippen molar-refractivity contribution < 1.29 is 4.39 Å². The zero-order valence-corrected chi connectivity index (χ0v) is 12.8. The van der Waals surface area contributed by atoms with E-state index < -0.39 is 0 Å². The van der Waals surface area contributed by atoms with Gasteiger partial charge >= 0.3 is 0 Å². The first-order valence-electron chi connectivity index (χ1n) is 7.65. The second-order valence-corrected chi connectivity index (χ2v) is 6.17. The van der Waals surface area contributed by atoms with Gasteiger partial charge in [-0.3, -0.25) is 4.90 Å². The predicted octanol–water partition coefficient (Wildman–Crippen LogP) is 2.62. The molecule has 0 saturated carbocycles. The van der Waals surface area contributed by atoms with Crippen LogP contribution < -0.4 is 0 Å². The summed E-state index contributed by atoms with van der Waals surface area (Å²) in [6.45, 7) is 3.00. The van der Waals surface area contributed by atoms with E-state index in [0.717, 1.165) is 29.9 Å². The molecule has 5 heteroatoms. The van der Waals surface area contributed by atoms with Crippen LogP contribution in [0.5, 0.6) is 0 Å². The summed E-state index contributed by atoms with van der Waals surface area (Å²) in [6.07, 6.45) is 3.91. The van der Waals surface area contributed by atoms with Gasteiger partial charge in [-0.15, -0.1) is 0 Å². The van der Waals surface area contributed by atoms with E-state index in [1.54, 1.807) is 6.07 Å². The number of nitrogens with one attached hydrogen (secondary N) is 1. The molecule has 0 spiro atoms. The minimum atomic E-state index is -0.227. The Hall–Kier alpha value is -1.46. The third-order valence-electron chi connectivity index (χ3n) is 4.36. The molecular weight excluding hydrogens is 267 g/mol. The lowest BCUT2D eigenvalue weighted by Gasteiger charge is -2.35. The second-order valence-electron chi connectivity index (χ2n) is 6.17. The van der Waals surface area contributed by atoms with Crippen molar-refractivity contribution in [2.24, 2.45) is 0 Å². The number of piperidine rings is 1. The Morgan fingerprint density at radius 1 is 1.43 bits per heavy atom. The summed E-state index contributed by atoms with van der Waals surface area (Å²) in [7, 11) is 4.33. The van der Waals surface area contributed by atoms with Crippen LogP contribution in [-0.2, 0) is 6.54 Å². The highest BCUT2D eigenvalue weighted by atomic mass is 19.1. The summed E-state index contributed by atoms with van der Waals surface area (Å²) in [6, 6.07) is 5.30. The maximum absolute atomic E-state index is 13.2. The summed E-state index contributed by atoms with van der Waals surface area (Å²) in [5.74, 6) is 0.673. The van der Waals surface area contributed by atoms with E-state index in [1.807, 2.05) is 0 Å². The molecule has 2 aromatic rings. The van der Waals surface area contributed by atoms with E-state index in [9.17, 15) is 4.39 Å². The minimum Gasteiger partial charge on any atom is -0.341 e. The van der Waals surface area contributed by atoms with Gasteiger partial charge in [-0.2, -0.15) is 0 Å². The Kier molecular flexibility index (Phi) is 4.22. The van der Waals surface area contributed by atoms with Crippen LogP contribution in [0.15, 0.2) is 18.2 Å². The number of rotatable bonds is 4. The lowest BCUT2D eigenvalue weighted by atomic mass is 10.0. The number of halogens is 1. The molecule has 1 unspecified atom stereocenters. The molecule has 0 radical (unpaired) electrons. The number of likely N-dealkylation sites (N-methyl/N-ethyl adjacent to an activating group) is 2. The van der Waals surface area contributed by atoms with E-state index in [0.29, 0.717) is 6.04 Å². The molecule has 1 saturated heterocycles. The van der Waals surface area contributed by atoms with Crippen molar-refractivity contribution in [2.75, 3.05) is 27.2 Å². The Bertz CT molecular complexity index is 609. The molecule has 0 aliphatic carbocycles. The molecule has 1 N–H and O–H groups in total. The molecule has 0 bridgehead atoms. The van der Waals surface area contributed by atoms with Crippen LogP contribution >= 0.6 is 0 Å². The molecule has 3 rings (SSSR count). The molecule has 4 nitrogen and oxygen atoms in total. The van der Waals surface area contributed by atoms with Gasteiger partial charge in [0.15, 0.2) is 0 Å². The van der Waals surface area contributed by atoms with Crippen LogP contribution in [0.4, 0.5) is 4.39 Å². The van der Waals surface area contributed by atoms with Crippen molar-refractivity contribution in [3.63, 3.8) is 0 Å². The van der Waals surface area contributed by atoms with Gasteiger partial charge in [0.25, 0.3) is 0 Å². The molecule has 1 aliphatic heterocycles. The van der Waals surface area contributed by atoms with Gasteiger partial charge in [-0.05, 0) is 51.7 Å². The van der Waals surface area contributed by atoms with E-state index in [2.05, 4.69) is 33.9 Å². The molecule has 1 atom stereocenters. The highest BCUT2D eigenvalue weighted by Gasteiger charge is 2.20. The first kappa shape index (κ1) is 14.5. The molecule has 1 aliphatic rings. The number of likely N-dealkylation sites (tertiary alicyclic amines) is 1. The van der Waals surface area contributed by atoms with Crippen LogP contribution in [0.25, 0.3) is 11.0 Å². The van der Waals surface area contributed by atoms with Gasteiger partial charge in [0.05, 0.1) is 17.6 Å². The lowest BCUT2D eigenvalue weighted by Crippen LogP contribution is -2.43. The van der Waals surface area contributed by atoms with Crippen LogP contribution in [0.3, 0.4) is 0 Å². The van der Waals surface area contributed by atoms with Gasteiger partial charge in [-0.1, -0.05) is 6.42 Å². The first-order chi connectivity index (χ1) is 10.1. The maximum atomic E-state index is 13.2. The summed E-state index contributed by atoms with van der Waals surface area (Å²) in [4.78, 5) is 12.5. The normalized spacial score (nSPS) is 20.5. The minimum absolute atomic E-state index is 0.227. The predicted molar refractivity (Wildman–Crippen MR) is 82.7 cm³/mol. The first-order valence-corrected chi connectivity index (χ1v) is 7.65. The molecule has 1 aromatic carbocycles. The Morgan fingerprint density at radius 3 is 3.10 bits per heavy atom. The number of aromatic nitrogens is 2. The Labute approximate surface area is 125 Å². The Morgan fingerprint density at radius 2 is 2.29 bits per heavy atom. The molecule has 2 heterocycles. The zero-order chi connectivity index (χ0) is 14.8. The van der Waals surface area contributed by atoms with Crippen molar-refractivity contribution in [3.05, 3.63) is 29.8 Å². The number of nitrogens with zero attached hydrogens (tertiary/aromatic N) is 3. The van der Waals surface area contributed by atoms with Crippen molar-refractivity contribution in [1.82, 2.24) is 19.8 Å². The number of hydrogen-bond donors (Lipinski definition) is 1. The lowest BCUT2D eigenvalue weighted by molar-refractivity contribution is 0.137. The third-order valence-corrected chi connectivity index (χ3v) is 4.36. The highest BCUT2D eigenvalue weighted by Crippen LogP contribution is 2.17. The largest absolute Gasteiger partial charge is 0.341 e. The summed E-state index contributed by atoms with van der Waals surface area (Å²) in [5, 5.41) is 0. The number of benzene rings is 1. The molecule has 21 heavy (non-hydrogen) atoms. The number of hydrogen-bond acceptors (Lipinski definition) is 3.